The summed E-state index contributed by atoms with van der Waals surface area (Å²) in [6.07, 6.45) is 2.48. The fraction of sp³-hybridized carbons (Fsp3) is 0.800. The zero-order chi connectivity index (χ0) is 7.28. The normalized spacial score (nSPS) is 10.7. The number of hydrogen-bond acceptors (Lipinski definition) is 3. The van der Waals surface area contributed by atoms with E-state index in [1.165, 1.54) is 0 Å². The summed E-state index contributed by atoms with van der Waals surface area (Å²) >= 11 is 1.60. The van der Waals surface area contributed by atoms with Crippen LogP contribution in [0.3, 0.4) is 0 Å². The minimum atomic E-state index is -0.913. The third-order valence-corrected chi connectivity index (χ3v) is 1.59. The average Bonchev–Trinajstić information content (AvgIpc) is 1.82. The van der Waals surface area contributed by atoms with Crippen LogP contribution >= 0.6 is 11.8 Å². The van der Waals surface area contributed by atoms with E-state index in [1.54, 1.807) is 11.8 Å². The summed E-state index contributed by atoms with van der Waals surface area (Å²) < 4.78 is 0. The van der Waals surface area contributed by atoms with E-state index in [2.05, 4.69) is 0 Å². The van der Waals surface area contributed by atoms with Crippen molar-refractivity contribution in [3.05, 3.63) is 0 Å². The second-order valence-electron chi connectivity index (χ2n) is 1.73. The molecule has 0 aliphatic carbocycles. The van der Waals surface area contributed by atoms with Crippen molar-refractivity contribution in [3.8, 4) is 0 Å². The van der Waals surface area contributed by atoms with Gasteiger partial charge in [0.25, 0.3) is 0 Å². The molecule has 3 nitrogen and oxygen atoms in total. The topological polar surface area (TPSA) is 63.3 Å². The van der Waals surface area contributed by atoms with Crippen LogP contribution in [-0.2, 0) is 22.2 Å². The monoisotopic (exact) mass is 283 g/mol. The predicted molar refractivity (Wildman–Crippen MR) is 47.2 cm³/mol. The molecule has 1 atom stereocenters. The van der Waals surface area contributed by atoms with Gasteiger partial charge in [-0.3, -0.25) is 4.79 Å². The van der Waals surface area contributed by atoms with Crippen LogP contribution in [0.4, 0.5) is 0 Å². The zero-order valence-corrected chi connectivity index (χ0v) is 10.4. The Bertz CT molecular complexity index is 106. The first-order valence-electron chi connectivity index (χ1n) is 2.65. The SMILES string of the molecule is CSCC[C@H](N)C(=O)O.[Cr].[SeH2]. The molecule has 0 radical (unpaired) electrons. The number of aliphatic carboxylic acids is 1. The summed E-state index contributed by atoms with van der Waals surface area (Å²) in [5, 5.41) is 8.27. The average molecular weight is 282 g/mol. The fourth-order valence-electron chi connectivity index (χ4n) is 0.368. The second-order valence-corrected chi connectivity index (χ2v) is 2.71. The fourth-order valence-corrected chi connectivity index (χ4v) is 0.858. The van der Waals surface area contributed by atoms with Crippen molar-refractivity contribution in [2.75, 3.05) is 12.0 Å². The molecule has 0 unspecified atom stereocenters. The van der Waals surface area contributed by atoms with Gasteiger partial charge in [0, 0.05) is 17.4 Å². The quantitative estimate of drug-likeness (QED) is 0.665. The van der Waals surface area contributed by atoms with Gasteiger partial charge in [0.1, 0.15) is 6.04 Å². The van der Waals surface area contributed by atoms with Gasteiger partial charge in [0.05, 0.1) is 0 Å². The molecule has 0 aliphatic rings. The molecule has 68 valence electrons. The van der Waals surface area contributed by atoms with Gasteiger partial charge in [-0.15, -0.1) is 0 Å². The van der Waals surface area contributed by atoms with Crippen molar-refractivity contribution >= 4 is 34.8 Å². The molecular formula is C5H13CrNO2SSe. The maximum atomic E-state index is 10.1. The molecule has 0 aromatic rings. The molecule has 0 amide bonds. The number of thioether (sulfide) groups is 1. The van der Waals surface area contributed by atoms with Crippen molar-refractivity contribution in [3.63, 3.8) is 0 Å². The number of carboxylic acids is 1. The molecule has 0 bridgehead atoms. The van der Waals surface area contributed by atoms with E-state index in [9.17, 15) is 4.79 Å². The summed E-state index contributed by atoms with van der Waals surface area (Å²) in [5.41, 5.74) is 5.19. The number of carbonyl (C=O) groups is 1. The van der Waals surface area contributed by atoms with Gasteiger partial charge in [-0.1, -0.05) is 0 Å². The van der Waals surface area contributed by atoms with Gasteiger partial charge in [0.15, 0.2) is 0 Å². The van der Waals surface area contributed by atoms with Gasteiger partial charge in [-0.05, 0) is 18.4 Å². The molecule has 0 aromatic heterocycles. The molecule has 0 rings (SSSR count). The first kappa shape index (κ1) is 17.8. The summed E-state index contributed by atoms with van der Waals surface area (Å²) in [4.78, 5) is 10.1. The number of nitrogens with two attached hydrogens (primary N) is 1. The Balaban J connectivity index is -0.000000320. The summed E-state index contributed by atoms with van der Waals surface area (Å²) in [7, 11) is 0. The van der Waals surface area contributed by atoms with Crippen LogP contribution in [0.2, 0.25) is 0 Å². The first-order chi connectivity index (χ1) is 4.18. The van der Waals surface area contributed by atoms with Crippen LogP contribution < -0.4 is 5.73 Å². The molecule has 0 fully saturated rings. The van der Waals surface area contributed by atoms with Crippen LogP contribution in [0.1, 0.15) is 6.42 Å². The van der Waals surface area contributed by atoms with Gasteiger partial charge >= 0.3 is 23.0 Å². The molecule has 3 N–H and O–H groups in total. The molecule has 0 heterocycles. The van der Waals surface area contributed by atoms with Crippen molar-refractivity contribution in [2.24, 2.45) is 5.73 Å². The Hall–Kier alpha value is 0.832. The Morgan fingerprint density at radius 2 is 2.18 bits per heavy atom. The van der Waals surface area contributed by atoms with Gasteiger partial charge in [-0.25, -0.2) is 0 Å². The third kappa shape index (κ3) is 10.8. The standard InChI is InChI=1S/C5H11NO2S.Cr.H2Se/c1-9-3-2-4(6)5(7)8;;/h4H,2-3,6H2,1H3,(H,7,8);;1H2/t4-;;/m0../s1. The van der Waals surface area contributed by atoms with E-state index in [4.69, 9.17) is 10.8 Å². The van der Waals surface area contributed by atoms with Crippen LogP contribution in [0.5, 0.6) is 0 Å². The van der Waals surface area contributed by atoms with Crippen LogP contribution in [0.25, 0.3) is 0 Å². The third-order valence-electron chi connectivity index (χ3n) is 0.950. The molecule has 0 spiro atoms. The van der Waals surface area contributed by atoms with Gasteiger partial charge in [0.2, 0.25) is 0 Å². The predicted octanol–water partition coefficient (Wildman–Crippen LogP) is -0.767. The number of rotatable bonds is 4. The molecule has 0 aromatic carbocycles. The van der Waals surface area contributed by atoms with Crippen molar-refractivity contribution in [2.45, 2.75) is 12.5 Å². The van der Waals surface area contributed by atoms with E-state index >= 15 is 0 Å². The van der Waals surface area contributed by atoms with E-state index in [0.717, 1.165) is 5.75 Å². The molecular weight excluding hydrogens is 269 g/mol. The van der Waals surface area contributed by atoms with E-state index in [0.29, 0.717) is 6.42 Å². The molecule has 0 saturated heterocycles. The van der Waals surface area contributed by atoms with Crippen LogP contribution in [0.15, 0.2) is 0 Å². The Labute approximate surface area is 92.1 Å². The summed E-state index contributed by atoms with van der Waals surface area (Å²) in [6.45, 7) is 0. The Morgan fingerprint density at radius 1 is 1.73 bits per heavy atom. The first-order valence-corrected chi connectivity index (χ1v) is 4.05. The number of carboxylic acid groups (broad SMARTS) is 1. The molecule has 0 saturated carbocycles. The summed E-state index contributed by atoms with van der Waals surface area (Å²) in [5.74, 6) is -0.1000. The van der Waals surface area contributed by atoms with Gasteiger partial charge < -0.3 is 10.8 Å². The molecule has 6 heteroatoms. The van der Waals surface area contributed by atoms with Crippen LogP contribution in [-0.4, -0.2) is 46.2 Å². The number of hydrogen-bond donors (Lipinski definition) is 2. The summed E-state index contributed by atoms with van der Waals surface area (Å²) in [6, 6.07) is -0.683. The van der Waals surface area contributed by atoms with Gasteiger partial charge in [-0.2, -0.15) is 11.8 Å². The van der Waals surface area contributed by atoms with Crippen molar-refractivity contribution < 1.29 is 27.3 Å². The van der Waals surface area contributed by atoms with E-state index in [1.807, 2.05) is 6.26 Å². The molecule has 0 aliphatic heterocycles. The van der Waals surface area contributed by atoms with E-state index < -0.39 is 12.0 Å². The second kappa shape index (κ2) is 10.8. The minimum absolute atomic E-state index is 0. The molecule has 11 heavy (non-hydrogen) atoms. The van der Waals surface area contributed by atoms with Crippen LogP contribution in [0, 0.1) is 0 Å². The Morgan fingerprint density at radius 3 is 2.45 bits per heavy atom. The Kier molecular flexibility index (Phi) is 17.5. The van der Waals surface area contributed by atoms with Crippen molar-refractivity contribution in [1.29, 1.82) is 0 Å². The maximum absolute atomic E-state index is 10.1. The van der Waals surface area contributed by atoms with Crippen molar-refractivity contribution in [1.82, 2.24) is 0 Å². The zero-order valence-electron chi connectivity index (χ0n) is 6.24. The van der Waals surface area contributed by atoms with E-state index in [-0.39, 0.29) is 34.4 Å².